The lowest BCUT2D eigenvalue weighted by Gasteiger charge is -2.16. The summed E-state index contributed by atoms with van der Waals surface area (Å²) in [7, 11) is 0. The summed E-state index contributed by atoms with van der Waals surface area (Å²) in [6.07, 6.45) is -10.2. The Bertz CT molecular complexity index is 890. The van der Waals surface area contributed by atoms with Gasteiger partial charge in [-0.2, -0.15) is 26.3 Å². The minimum atomic E-state index is -5.09. The molecule has 3 rings (SSSR count). The van der Waals surface area contributed by atoms with Crippen LogP contribution in [0.1, 0.15) is 11.1 Å². The number of alkyl halides is 6. The van der Waals surface area contributed by atoms with E-state index in [1.165, 1.54) is 0 Å². The Morgan fingerprint density at radius 3 is 1.35 bits per heavy atom. The molecule has 0 unspecified atom stereocenters. The maximum atomic E-state index is 13.1. The van der Waals surface area contributed by atoms with E-state index in [0.717, 1.165) is 17.2 Å². The second kappa shape index (κ2) is 6.52. The molecule has 6 heteroatoms. The van der Waals surface area contributed by atoms with Gasteiger partial charge in [0.2, 0.25) is 0 Å². The molecular formula is C20H12F6. The standard InChI is InChI=1S/C20H12F6/c21-19(22,23)17-11-10-16(12-18(17)20(24,25)26)15-8-6-14(7-9-15)13-4-2-1-3-5-13/h1-12H. The van der Waals surface area contributed by atoms with Crippen LogP contribution in [-0.2, 0) is 12.4 Å². The lowest BCUT2D eigenvalue weighted by Crippen LogP contribution is -2.16. The van der Waals surface area contributed by atoms with Gasteiger partial charge in [-0.05, 0) is 34.4 Å². The van der Waals surface area contributed by atoms with Crippen LogP contribution in [0.2, 0.25) is 0 Å². The van der Waals surface area contributed by atoms with Gasteiger partial charge in [0, 0.05) is 0 Å². The summed E-state index contributed by atoms with van der Waals surface area (Å²) in [5.41, 5.74) is -1.10. The highest BCUT2D eigenvalue weighted by Gasteiger charge is 2.43. The first-order chi connectivity index (χ1) is 12.2. The first-order valence-corrected chi connectivity index (χ1v) is 7.60. The molecule has 0 aliphatic heterocycles. The molecule has 3 aromatic rings. The average Bonchev–Trinajstić information content (AvgIpc) is 2.61. The van der Waals surface area contributed by atoms with Crippen molar-refractivity contribution in [1.29, 1.82) is 0 Å². The fraction of sp³-hybridized carbons (Fsp3) is 0.100. The van der Waals surface area contributed by atoms with Crippen molar-refractivity contribution in [3.8, 4) is 22.3 Å². The monoisotopic (exact) mass is 366 g/mol. The Balaban J connectivity index is 2.02. The largest absolute Gasteiger partial charge is 0.417 e. The van der Waals surface area contributed by atoms with Crippen molar-refractivity contribution in [2.75, 3.05) is 0 Å². The lowest BCUT2D eigenvalue weighted by molar-refractivity contribution is -0.162. The Hall–Kier alpha value is -2.76. The van der Waals surface area contributed by atoms with Crippen molar-refractivity contribution < 1.29 is 26.3 Å². The summed E-state index contributed by atoms with van der Waals surface area (Å²) in [4.78, 5) is 0. The molecule has 0 atom stereocenters. The fourth-order valence-corrected chi connectivity index (χ4v) is 2.69. The number of hydrogen-bond donors (Lipinski definition) is 0. The molecule has 0 aliphatic carbocycles. The van der Waals surface area contributed by atoms with Crippen LogP contribution < -0.4 is 0 Å². The minimum Gasteiger partial charge on any atom is -0.166 e. The summed E-state index contributed by atoms with van der Waals surface area (Å²) in [6, 6.07) is 18.0. The second-order valence-corrected chi connectivity index (χ2v) is 5.70. The smallest absolute Gasteiger partial charge is 0.166 e. The second-order valence-electron chi connectivity index (χ2n) is 5.70. The van der Waals surface area contributed by atoms with Crippen LogP contribution in [0.25, 0.3) is 22.3 Å². The van der Waals surface area contributed by atoms with Crippen LogP contribution in [0.4, 0.5) is 26.3 Å². The first-order valence-electron chi connectivity index (χ1n) is 7.60. The number of halogens is 6. The van der Waals surface area contributed by atoms with Crippen LogP contribution in [0, 0.1) is 0 Å². The molecule has 0 nitrogen and oxygen atoms in total. The van der Waals surface area contributed by atoms with Gasteiger partial charge < -0.3 is 0 Å². The highest BCUT2D eigenvalue weighted by Crippen LogP contribution is 2.42. The molecular weight excluding hydrogens is 354 g/mol. The molecule has 0 fully saturated rings. The van der Waals surface area contributed by atoms with E-state index >= 15 is 0 Å². The van der Waals surface area contributed by atoms with Gasteiger partial charge in [0.05, 0.1) is 11.1 Å². The molecule has 0 spiro atoms. The fourth-order valence-electron chi connectivity index (χ4n) is 2.69. The van der Waals surface area contributed by atoms with Crippen molar-refractivity contribution in [1.82, 2.24) is 0 Å². The first kappa shape index (κ1) is 18.0. The summed E-state index contributed by atoms with van der Waals surface area (Å²) >= 11 is 0. The average molecular weight is 366 g/mol. The summed E-state index contributed by atoms with van der Waals surface area (Å²) in [5.74, 6) is 0. The van der Waals surface area contributed by atoms with Crippen LogP contribution >= 0.6 is 0 Å². The van der Waals surface area contributed by atoms with Crippen LogP contribution in [0.15, 0.2) is 72.8 Å². The SMILES string of the molecule is FC(F)(F)c1ccc(-c2ccc(-c3ccccc3)cc2)cc1C(F)(F)F. The normalized spacial score (nSPS) is 12.2. The maximum Gasteiger partial charge on any atom is 0.417 e. The zero-order chi connectivity index (χ0) is 18.9. The Kier molecular flexibility index (Phi) is 4.52. The third-order valence-corrected chi connectivity index (χ3v) is 3.96. The summed E-state index contributed by atoms with van der Waals surface area (Å²) < 4.78 is 77.7. The number of rotatable bonds is 2. The Morgan fingerprint density at radius 1 is 0.423 bits per heavy atom. The zero-order valence-electron chi connectivity index (χ0n) is 13.2. The van der Waals surface area contributed by atoms with E-state index < -0.39 is 23.5 Å². The van der Waals surface area contributed by atoms with E-state index in [1.54, 1.807) is 24.3 Å². The molecule has 134 valence electrons. The van der Waals surface area contributed by atoms with Gasteiger partial charge in [-0.25, -0.2) is 0 Å². The molecule has 0 bridgehead atoms. The van der Waals surface area contributed by atoms with E-state index in [-0.39, 0.29) is 5.56 Å². The number of benzene rings is 3. The predicted molar refractivity (Wildman–Crippen MR) is 87.3 cm³/mol. The molecule has 0 saturated carbocycles. The quantitative estimate of drug-likeness (QED) is 0.426. The zero-order valence-corrected chi connectivity index (χ0v) is 13.2. The Morgan fingerprint density at radius 2 is 0.846 bits per heavy atom. The minimum absolute atomic E-state index is 0.0740. The molecule has 0 amide bonds. The topological polar surface area (TPSA) is 0 Å². The van der Waals surface area contributed by atoms with Gasteiger partial charge in [-0.1, -0.05) is 60.7 Å². The van der Waals surface area contributed by atoms with E-state index in [9.17, 15) is 26.3 Å². The van der Waals surface area contributed by atoms with Crippen molar-refractivity contribution in [2.45, 2.75) is 12.4 Å². The van der Waals surface area contributed by atoms with Crippen LogP contribution in [-0.4, -0.2) is 0 Å². The lowest BCUT2D eigenvalue weighted by atomic mass is 9.96. The summed E-state index contributed by atoms with van der Waals surface area (Å²) in [5, 5.41) is 0. The Labute approximate surface area is 145 Å². The van der Waals surface area contributed by atoms with Crippen molar-refractivity contribution in [2.24, 2.45) is 0 Å². The van der Waals surface area contributed by atoms with Gasteiger partial charge in [-0.15, -0.1) is 0 Å². The molecule has 0 N–H and O–H groups in total. The van der Waals surface area contributed by atoms with E-state index in [4.69, 9.17) is 0 Å². The highest BCUT2D eigenvalue weighted by molar-refractivity contribution is 5.71. The van der Waals surface area contributed by atoms with Crippen LogP contribution in [0.3, 0.4) is 0 Å². The van der Waals surface area contributed by atoms with Crippen LogP contribution in [0.5, 0.6) is 0 Å². The summed E-state index contributed by atoms with van der Waals surface area (Å²) in [6.45, 7) is 0. The van der Waals surface area contributed by atoms with Gasteiger partial charge >= 0.3 is 12.4 Å². The molecule has 26 heavy (non-hydrogen) atoms. The molecule has 0 heterocycles. The van der Waals surface area contributed by atoms with Gasteiger partial charge in [0.25, 0.3) is 0 Å². The molecule has 0 aromatic heterocycles. The van der Waals surface area contributed by atoms with Crippen molar-refractivity contribution in [3.63, 3.8) is 0 Å². The van der Waals surface area contributed by atoms with E-state index in [0.29, 0.717) is 17.7 Å². The molecule has 3 aromatic carbocycles. The number of hydrogen-bond acceptors (Lipinski definition) is 0. The molecule has 0 radical (unpaired) electrons. The maximum absolute atomic E-state index is 13.1. The molecule has 0 aliphatic rings. The van der Waals surface area contributed by atoms with Crippen molar-refractivity contribution in [3.05, 3.63) is 83.9 Å². The van der Waals surface area contributed by atoms with Gasteiger partial charge in [0.1, 0.15) is 0 Å². The molecule has 0 saturated heterocycles. The predicted octanol–water partition coefficient (Wildman–Crippen LogP) is 7.06. The van der Waals surface area contributed by atoms with Gasteiger partial charge in [0.15, 0.2) is 0 Å². The van der Waals surface area contributed by atoms with E-state index in [2.05, 4.69) is 0 Å². The highest BCUT2D eigenvalue weighted by atomic mass is 19.4. The third kappa shape index (κ3) is 3.74. The van der Waals surface area contributed by atoms with Gasteiger partial charge in [-0.3, -0.25) is 0 Å². The van der Waals surface area contributed by atoms with Crippen molar-refractivity contribution >= 4 is 0 Å². The van der Waals surface area contributed by atoms with E-state index in [1.807, 2.05) is 30.3 Å². The third-order valence-electron chi connectivity index (χ3n) is 3.96.